The fraction of sp³-hybridized carbons (Fsp3) is 0.333. The lowest BCUT2D eigenvalue weighted by molar-refractivity contribution is -0.137. The molecular formula is C24H20F4N4O3S. The third-order valence-electron chi connectivity index (χ3n) is 6.17. The van der Waals surface area contributed by atoms with Crippen LogP contribution in [0.25, 0.3) is 0 Å². The van der Waals surface area contributed by atoms with Crippen LogP contribution in [0.2, 0.25) is 0 Å². The van der Waals surface area contributed by atoms with Crippen molar-refractivity contribution in [3.05, 3.63) is 58.9 Å². The minimum atomic E-state index is -4.84. The number of nitrogens with two attached hydrogens (primary N) is 1. The zero-order valence-electron chi connectivity index (χ0n) is 19.1. The summed E-state index contributed by atoms with van der Waals surface area (Å²) >= 11 is 5.42. The first-order valence-electron chi connectivity index (χ1n) is 10.8. The average molecular weight is 521 g/mol. The average Bonchev–Trinajstić information content (AvgIpc) is 3.50. The van der Waals surface area contributed by atoms with Gasteiger partial charge in [0.2, 0.25) is 0 Å². The summed E-state index contributed by atoms with van der Waals surface area (Å²) in [6.07, 6.45) is -3.42. The number of esters is 1. The van der Waals surface area contributed by atoms with Gasteiger partial charge in [-0.2, -0.15) is 18.4 Å². The Bertz CT molecular complexity index is 1330. The minimum Gasteiger partial charge on any atom is -0.460 e. The summed E-state index contributed by atoms with van der Waals surface area (Å²) in [4.78, 5) is 27.7. The Kier molecular flexibility index (Phi) is 6.05. The fourth-order valence-corrected chi connectivity index (χ4v) is 4.38. The van der Waals surface area contributed by atoms with Crippen molar-refractivity contribution in [1.29, 1.82) is 5.26 Å². The van der Waals surface area contributed by atoms with Crippen molar-refractivity contribution in [2.75, 3.05) is 16.4 Å². The Morgan fingerprint density at radius 1 is 1.19 bits per heavy atom. The number of amides is 1. The first kappa shape index (κ1) is 25.5. The fourth-order valence-electron chi connectivity index (χ4n) is 3.86. The number of alkyl halides is 3. The Balaban J connectivity index is 1.66. The van der Waals surface area contributed by atoms with E-state index in [4.69, 9.17) is 28.0 Å². The molecule has 0 atom stereocenters. The van der Waals surface area contributed by atoms with Gasteiger partial charge in [0, 0.05) is 5.69 Å². The highest BCUT2D eigenvalue weighted by atomic mass is 32.1. The number of benzene rings is 2. The van der Waals surface area contributed by atoms with E-state index in [1.807, 2.05) is 0 Å². The quantitative estimate of drug-likeness (QED) is 0.357. The van der Waals surface area contributed by atoms with E-state index in [2.05, 4.69) is 0 Å². The number of thiocarbonyl (C=S) groups is 1. The van der Waals surface area contributed by atoms with Gasteiger partial charge in [-0.15, -0.1) is 0 Å². The number of carbonyl (C=O) groups is 2. The molecule has 0 aromatic heterocycles. The second kappa shape index (κ2) is 8.53. The molecule has 0 unspecified atom stereocenters. The van der Waals surface area contributed by atoms with E-state index in [0.29, 0.717) is 18.9 Å². The van der Waals surface area contributed by atoms with Crippen LogP contribution < -0.4 is 15.5 Å². The van der Waals surface area contributed by atoms with Gasteiger partial charge >= 0.3 is 12.1 Å². The van der Waals surface area contributed by atoms with E-state index in [-0.39, 0.29) is 28.7 Å². The van der Waals surface area contributed by atoms with Gasteiger partial charge in [-0.05, 0) is 75.3 Å². The second-order valence-corrected chi connectivity index (χ2v) is 9.62. The highest BCUT2D eigenvalue weighted by molar-refractivity contribution is 7.81. The van der Waals surface area contributed by atoms with Gasteiger partial charge in [0.25, 0.3) is 5.91 Å². The monoisotopic (exact) mass is 520 g/mol. The van der Waals surface area contributed by atoms with Crippen LogP contribution in [0.4, 0.5) is 28.9 Å². The van der Waals surface area contributed by atoms with Gasteiger partial charge < -0.3 is 15.4 Å². The van der Waals surface area contributed by atoms with Crippen LogP contribution in [-0.4, -0.2) is 34.7 Å². The molecule has 2 aliphatic rings. The van der Waals surface area contributed by atoms with Crippen LogP contribution in [0.1, 0.15) is 48.2 Å². The lowest BCUT2D eigenvalue weighted by Gasteiger charge is -2.29. The summed E-state index contributed by atoms with van der Waals surface area (Å²) in [5.41, 5.74) is 1.66. The number of nitriles is 1. The molecule has 1 saturated carbocycles. The summed E-state index contributed by atoms with van der Waals surface area (Å²) in [7, 11) is 0. The predicted octanol–water partition coefficient (Wildman–Crippen LogP) is 4.28. The van der Waals surface area contributed by atoms with E-state index in [1.165, 1.54) is 43.0 Å². The molecule has 2 N–H and O–H groups in total. The number of anilines is 2. The maximum atomic E-state index is 14.9. The SMILES string of the molecule is CC1(C)C(=O)N(c2ccc(C#N)c(C(F)(F)F)c2)C(=S)N1c1ccc(C(=O)OCC2(N)CC2)c(F)c1. The molecule has 2 aromatic rings. The predicted molar refractivity (Wildman–Crippen MR) is 126 cm³/mol. The zero-order valence-corrected chi connectivity index (χ0v) is 20.0. The van der Waals surface area contributed by atoms with Crippen molar-refractivity contribution >= 4 is 40.6 Å². The molecule has 0 bridgehead atoms. The van der Waals surface area contributed by atoms with Crippen molar-refractivity contribution in [3.8, 4) is 6.07 Å². The first-order valence-corrected chi connectivity index (χ1v) is 11.2. The molecule has 0 radical (unpaired) electrons. The maximum Gasteiger partial charge on any atom is 0.417 e. The van der Waals surface area contributed by atoms with Crippen molar-refractivity contribution in [3.63, 3.8) is 0 Å². The highest BCUT2D eigenvalue weighted by Crippen LogP contribution is 2.40. The molecule has 7 nitrogen and oxygen atoms in total. The van der Waals surface area contributed by atoms with Crippen molar-refractivity contribution < 1.29 is 31.9 Å². The Morgan fingerprint density at radius 3 is 2.39 bits per heavy atom. The third kappa shape index (κ3) is 4.40. The first-order chi connectivity index (χ1) is 16.7. The lowest BCUT2D eigenvalue weighted by Crippen LogP contribution is -2.44. The molecule has 1 aliphatic carbocycles. The summed E-state index contributed by atoms with van der Waals surface area (Å²) in [6, 6.07) is 7.83. The number of nitrogens with zero attached hydrogens (tertiary/aromatic N) is 3. The highest BCUT2D eigenvalue weighted by Gasteiger charge is 2.51. The third-order valence-corrected chi connectivity index (χ3v) is 6.53. The standard InChI is InChI=1S/C24H20F4N4O3S/c1-22(2)20(34)31(14-4-3-13(11-29)17(9-14)24(26,27)28)21(36)32(22)15-5-6-16(18(25)10-15)19(33)35-12-23(30)7-8-23/h3-6,9-10H,7-8,12,30H2,1-2H3. The van der Waals surface area contributed by atoms with Crippen LogP contribution in [-0.2, 0) is 15.7 Å². The second-order valence-electron chi connectivity index (χ2n) is 9.26. The minimum absolute atomic E-state index is 0.0375. The number of ether oxygens (including phenoxy) is 1. The van der Waals surface area contributed by atoms with Crippen LogP contribution in [0.15, 0.2) is 36.4 Å². The van der Waals surface area contributed by atoms with Crippen LogP contribution in [0.5, 0.6) is 0 Å². The molecule has 188 valence electrons. The van der Waals surface area contributed by atoms with E-state index in [0.717, 1.165) is 17.0 Å². The van der Waals surface area contributed by atoms with Gasteiger partial charge in [0.15, 0.2) is 5.11 Å². The molecular weight excluding hydrogens is 500 g/mol. The van der Waals surface area contributed by atoms with E-state index >= 15 is 0 Å². The van der Waals surface area contributed by atoms with Gasteiger partial charge in [0.1, 0.15) is 18.0 Å². The number of halogens is 4. The van der Waals surface area contributed by atoms with Gasteiger partial charge in [-0.3, -0.25) is 9.69 Å². The van der Waals surface area contributed by atoms with Crippen molar-refractivity contribution in [2.45, 2.75) is 43.9 Å². The summed E-state index contributed by atoms with van der Waals surface area (Å²) in [5.74, 6) is -2.48. The smallest absolute Gasteiger partial charge is 0.417 e. The Labute approximate surface area is 209 Å². The molecule has 1 aliphatic heterocycles. The largest absolute Gasteiger partial charge is 0.460 e. The van der Waals surface area contributed by atoms with Crippen molar-refractivity contribution in [1.82, 2.24) is 0 Å². The molecule has 1 heterocycles. The molecule has 36 heavy (non-hydrogen) atoms. The Morgan fingerprint density at radius 2 is 1.83 bits per heavy atom. The lowest BCUT2D eigenvalue weighted by atomic mass is 10.0. The topological polar surface area (TPSA) is 99.7 Å². The summed E-state index contributed by atoms with van der Waals surface area (Å²) in [5, 5.41) is 8.84. The van der Waals surface area contributed by atoms with Crippen LogP contribution >= 0.6 is 12.2 Å². The number of rotatable bonds is 5. The number of hydrogen-bond donors (Lipinski definition) is 1. The maximum absolute atomic E-state index is 14.9. The Hall–Kier alpha value is -3.56. The van der Waals surface area contributed by atoms with E-state index in [9.17, 15) is 27.2 Å². The molecule has 12 heteroatoms. The molecule has 4 rings (SSSR count). The zero-order chi connectivity index (χ0) is 26.6. The summed E-state index contributed by atoms with van der Waals surface area (Å²) in [6.45, 7) is 2.92. The van der Waals surface area contributed by atoms with Crippen LogP contribution in [0, 0.1) is 17.1 Å². The molecule has 1 amide bonds. The molecule has 2 fully saturated rings. The van der Waals surface area contributed by atoms with Gasteiger partial charge in [-0.25, -0.2) is 9.18 Å². The number of carbonyl (C=O) groups excluding carboxylic acids is 2. The normalized spacial score (nSPS) is 18.3. The van der Waals surface area contributed by atoms with Gasteiger partial charge in [-0.1, -0.05) is 0 Å². The number of hydrogen-bond acceptors (Lipinski definition) is 6. The molecule has 1 saturated heterocycles. The van der Waals surface area contributed by atoms with Crippen molar-refractivity contribution in [2.24, 2.45) is 5.73 Å². The summed E-state index contributed by atoms with van der Waals surface area (Å²) < 4.78 is 60.4. The van der Waals surface area contributed by atoms with Crippen LogP contribution in [0.3, 0.4) is 0 Å². The van der Waals surface area contributed by atoms with Gasteiger partial charge in [0.05, 0.1) is 34.0 Å². The molecule has 2 aromatic carbocycles. The van der Waals surface area contributed by atoms with E-state index < -0.39 is 46.1 Å². The molecule has 0 spiro atoms. The van der Waals surface area contributed by atoms with E-state index in [1.54, 1.807) is 0 Å².